The number of aldehydes is 1. The minimum atomic E-state index is -0.742. The second-order valence-electron chi connectivity index (χ2n) is 3.97. The molecule has 0 aliphatic carbocycles. The van der Waals surface area contributed by atoms with E-state index in [0.29, 0.717) is 12.8 Å². The summed E-state index contributed by atoms with van der Waals surface area (Å²) in [6.07, 6.45) is 1.65. The molecule has 0 fully saturated rings. The maximum atomic E-state index is 11.6. The van der Waals surface area contributed by atoms with E-state index in [2.05, 4.69) is 4.42 Å². The molecule has 0 bridgehead atoms. The van der Waals surface area contributed by atoms with Crippen molar-refractivity contribution in [1.29, 1.82) is 0 Å². The Bertz CT molecular complexity index is 278. The Labute approximate surface area is 82.9 Å². The average Bonchev–Trinajstić information content (AvgIpc) is 2.52. The lowest BCUT2D eigenvalue weighted by Gasteiger charge is -2.20. The van der Waals surface area contributed by atoms with Crippen LogP contribution in [0, 0.1) is 5.41 Å². The molecule has 0 amide bonds. The molecule has 0 aromatic rings. The predicted molar refractivity (Wildman–Crippen MR) is 49.6 cm³/mol. The van der Waals surface area contributed by atoms with Gasteiger partial charge in [-0.3, -0.25) is 9.22 Å². The fourth-order valence-corrected chi connectivity index (χ4v) is 0.919. The minimum absolute atomic E-state index is 0.350. The third kappa shape index (κ3) is 2.19. The first-order valence-corrected chi connectivity index (χ1v) is 4.70. The number of carbonyl (C=O) groups is 2. The third-order valence-corrected chi connectivity index (χ3v) is 2.46. The summed E-state index contributed by atoms with van der Waals surface area (Å²) in [5, 5.41) is 0. The van der Waals surface area contributed by atoms with Crippen molar-refractivity contribution >= 4 is 18.2 Å². The lowest BCUT2D eigenvalue weighted by molar-refractivity contribution is -0.371. The van der Waals surface area contributed by atoms with Gasteiger partial charge in [-0.1, -0.05) is 6.92 Å². The van der Waals surface area contributed by atoms with Gasteiger partial charge in [-0.25, -0.2) is 0 Å². The van der Waals surface area contributed by atoms with Crippen molar-refractivity contribution in [2.24, 2.45) is 5.41 Å². The van der Waals surface area contributed by atoms with Crippen LogP contribution >= 0.6 is 0 Å². The molecule has 0 aromatic carbocycles. The van der Waals surface area contributed by atoms with Gasteiger partial charge in [0, 0.05) is 0 Å². The normalized spacial score (nSPS) is 21.4. The molecule has 0 aromatic heterocycles. The number of hydrogen-bond donors (Lipinski definition) is 0. The van der Waals surface area contributed by atoms with E-state index >= 15 is 0 Å². The Kier molecular flexibility index (Phi) is 3.03. The van der Waals surface area contributed by atoms with Crippen molar-refractivity contribution < 1.29 is 18.8 Å². The van der Waals surface area contributed by atoms with E-state index < -0.39 is 17.5 Å². The molecule has 1 rings (SSSR count). The SMILES string of the molecule is CCC(C)(C)C(=O)OC1CC=[O+]C1=O. The van der Waals surface area contributed by atoms with Crippen molar-refractivity contribution in [2.75, 3.05) is 0 Å². The standard InChI is InChI=1S/C10H15O4/c1-4-10(2,3)9(12)14-7-5-6-13-8(7)11/h6-7H,4-5H2,1-3H3/q+1. The highest BCUT2D eigenvalue weighted by molar-refractivity contribution is 5.85. The van der Waals surface area contributed by atoms with Crippen LogP contribution in [0.3, 0.4) is 0 Å². The first-order chi connectivity index (χ1) is 6.47. The number of rotatable bonds is 3. The summed E-state index contributed by atoms with van der Waals surface area (Å²) in [7, 11) is 0. The van der Waals surface area contributed by atoms with Gasteiger partial charge in [0.05, 0.1) is 16.6 Å². The van der Waals surface area contributed by atoms with Crippen molar-refractivity contribution in [3.8, 4) is 0 Å². The predicted octanol–water partition coefficient (Wildman–Crippen LogP) is 0.999. The van der Waals surface area contributed by atoms with E-state index in [1.54, 1.807) is 13.8 Å². The van der Waals surface area contributed by atoms with E-state index in [-0.39, 0.29) is 5.97 Å². The zero-order valence-corrected chi connectivity index (χ0v) is 8.70. The molecule has 1 aliphatic heterocycles. The first-order valence-electron chi connectivity index (χ1n) is 4.70. The van der Waals surface area contributed by atoms with Gasteiger partial charge in [0.25, 0.3) is 6.10 Å². The summed E-state index contributed by atoms with van der Waals surface area (Å²) < 4.78 is 9.61. The zero-order valence-electron chi connectivity index (χ0n) is 8.70. The summed E-state index contributed by atoms with van der Waals surface area (Å²) in [5.41, 5.74) is -0.539. The number of esters is 1. The van der Waals surface area contributed by atoms with Gasteiger partial charge in [-0.15, -0.1) is 0 Å². The van der Waals surface area contributed by atoms with Gasteiger partial charge in [0.1, 0.15) is 0 Å². The monoisotopic (exact) mass is 199 g/mol. The molecule has 0 spiro atoms. The zero-order chi connectivity index (χ0) is 10.8. The fraction of sp³-hybridized carbons (Fsp3) is 0.700. The summed E-state index contributed by atoms with van der Waals surface area (Å²) in [6, 6.07) is 0. The average molecular weight is 199 g/mol. The summed E-state index contributed by atoms with van der Waals surface area (Å²) >= 11 is 0. The molecule has 78 valence electrons. The van der Waals surface area contributed by atoms with Crippen LogP contribution in [0.4, 0.5) is 0 Å². The molecule has 1 heterocycles. The Morgan fingerprint density at radius 1 is 1.71 bits per heavy atom. The maximum absolute atomic E-state index is 11.6. The molecular formula is C10H15O4+. The Morgan fingerprint density at radius 2 is 2.36 bits per heavy atom. The van der Waals surface area contributed by atoms with Crippen LogP contribution < -0.4 is 0 Å². The van der Waals surface area contributed by atoms with Crippen LogP contribution in [0.2, 0.25) is 0 Å². The van der Waals surface area contributed by atoms with Gasteiger partial charge in [0.2, 0.25) is 0 Å². The lowest BCUT2D eigenvalue weighted by atomic mass is 9.90. The van der Waals surface area contributed by atoms with Crippen molar-refractivity contribution in [3.05, 3.63) is 0 Å². The number of hydrogen-bond acceptors (Lipinski definition) is 3. The second kappa shape index (κ2) is 3.90. The molecule has 1 unspecified atom stereocenters. The minimum Gasteiger partial charge on any atom is -0.443 e. The largest absolute Gasteiger partial charge is 0.621 e. The van der Waals surface area contributed by atoms with Crippen LogP contribution in [-0.2, 0) is 18.8 Å². The highest BCUT2D eigenvalue weighted by Gasteiger charge is 2.40. The molecule has 0 radical (unpaired) electrons. The summed E-state index contributed by atoms with van der Waals surface area (Å²) in [6.45, 7) is 5.49. The van der Waals surface area contributed by atoms with Crippen LogP contribution in [0.5, 0.6) is 0 Å². The molecule has 4 nitrogen and oxygen atoms in total. The molecule has 0 saturated heterocycles. The van der Waals surface area contributed by atoms with Crippen molar-refractivity contribution in [1.82, 2.24) is 0 Å². The van der Waals surface area contributed by atoms with E-state index in [1.165, 1.54) is 6.29 Å². The molecule has 1 aliphatic rings. The molecule has 4 heteroatoms. The van der Waals surface area contributed by atoms with Crippen molar-refractivity contribution in [2.45, 2.75) is 39.7 Å². The smallest absolute Gasteiger partial charge is 0.443 e. The second-order valence-corrected chi connectivity index (χ2v) is 3.97. The lowest BCUT2D eigenvalue weighted by Crippen LogP contribution is -2.32. The van der Waals surface area contributed by atoms with E-state index in [1.807, 2.05) is 6.92 Å². The highest BCUT2D eigenvalue weighted by Crippen LogP contribution is 2.23. The van der Waals surface area contributed by atoms with Gasteiger partial charge in [0.15, 0.2) is 6.29 Å². The Balaban J connectivity index is 2.53. The van der Waals surface area contributed by atoms with E-state index in [4.69, 9.17) is 4.74 Å². The van der Waals surface area contributed by atoms with Gasteiger partial charge in [-0.2, -0.15) is 0 Å². The number of carbonyl (C=O) groups excluding carboxylic acids is 3. The summed E-state index contributed by atoms with van der Waals surface area (Å²) in [5.74, 6) is -0.831. The Hall–Kier alpha value is -1.19. The van der Waals surface area contributed by atoms with Crippen LogP contribution in [0.15, 0.2) is 0 Å². The van der Waals surface area contributed by atoms with Crippen molar-refractivity contribution in [3.63, 3.8) is 0 Å². The maximum Gasteiger partial charge on any atom is 0.621 e. The van der Waals surface area contributed by atoms with Gasteiger partial charge in [-0.05, 0) is 20.3 Å². The first kappa shape index (κ1) is 10.9. The van der Waals surface area contributed by atoms with Crippen LogP contribution in [-0.4, -0.2) is 24.3 Å². The highest BCUT2D eigenvalue weighted by atomic mass is 16.6. The number of ether oxygens (including phenoxy) is 1. The van der Waals surface area contributed by atoms with Crippen LogP contribution in [0.1, 0.15) is 33.6 Å². The van der Waals surface area contributed by atoms with E-state index in [0.717, 1.165) is 0 Å². The van der Waals surface area contributed by atoms with Gasteiger partial charge < -0.3 is 4.74 Å². The molecular weight excluding hydrogens is 184 g/mol. The van der Waals surface area contributed by atoms with Crippen LogP contribution in [0.25, 0.3) is 0 Å². The topological polar surface area (TPSA) is 54.7 Å². The van der Waals surface area contributed by atoms with E-state index in [9.17, 15) is 9.59 Å². The third-order valence-electron chi connectivity index (χ3n) is 2.46. The fourth-order valence-electron chi connectivity index (χ4n) is 0.919. The molecule has 14 heavy (non-hydrogen) atoms. The van der Waals surface area contributed by atoms with Gasteiger partial charge >= 0.3 is 11.9 Å². The summed E-state index contributed by atoms with van der Waals surface area (Å²) in [4.78, 5) is 22.5. The molecule has 0 saturated carbocycles. The quantitative estimate of drug-likeness (QED) is 0.387. The molecule has 1 atom stereocenters. The molecule has 0 N–H and O–H groups in total. The Morgan fingerprint density at radius 3 is 2.79 bits per heavy atom.